The molecule has 2 aromatic heterocycles. The molecule has 3 heterocycles. The van der Waals surface area contributed by atoms with Crippen LogP contribution < -0.4 is 0 Å². The van der Waals surface area contributed by atoms with Crippen molar-refractivity contribution < 1.29 is 18.4 Å². The van der Waals surface area contributed by atoms with Crippen molar-refractivity contribution in [1.29, 1.82) is 5.26 Å². The Morgan fingerprint density at radius 1 is 1.15 bits per heavy atom. The molecule has 1 aromatic carbocycles. The molecule has 33 heavy (non-hydrogen) atoms. The molecule has 4 rings (SSSR count). The predicted octanol–water partition coefficient (Wildman–Crippen LogP) is 4.52. The Morgan fingerprint density at radius 2 is 1.97 bits per heavy atom. The van der Waals surface area contributed by atoms with Gasteiger partial charge in [0.1, 0.15) is 6.04 Å². The summed E-state index contributed by atoms with van der Waals surface area (Å²) in [6.45, 7) is -0.789. The Hall–Kier alpha value is -3.99. The Kier molecular flexibility index (Phi) is 6.22. The van der Waals surface area contributed by atoms with Gasteiger partial charge in [-0.15, -0.1) is 0 Å². The van der Waals surface area contributed by atoms with Gasteiger partial charge in [0.15, 0.2) is 5.78 Å². The van der Waals surface area contributed by atoms with Gasteiger partial charge in [-0.05, 0) is 35.4 Å². The summed E-state index contributed by atoms with van der Waals surface area (Å²) in [5.41, 5.74) is 2.84. The number of nitrogens with zero attached hydrogens (tertiary/aromatic N) is 4. The molecule has 1 atom stereocenters. The van der Waals surface area contributed by atoms with Gasteiger partial charge in [-0.2, -0.15) is 5.26 Å². The Morgan fingerprint density at radius 3 is 2.73 bits per heavy atom. The molecule has 0 N–H and O–H groups in total. The molecular weight excluding hydrogens is 426 g/mol. The molecule has 6 nitrogen and oxygen atoms in total. The number of hydrogen-bond donors (Lipinski definition) is 0. The molecule has 1 aliphatic heterocycles. The molecule has 8 heteroatoms. The van der Waals surface area contributed by atoms with E-state index in [2.05, 4.69) is 9.97 Å². The van der Waals surface area contributed by atoms with E-state index in [-0.39, 0.29) is 18.6 Å². The van der Waals surface area contributed by atoms with Crippen molar-refractivity contribution in [3.63, 3.8) is 0 Å². The average Bonchev–Trinajstić information content (AvgIpc) is 3.15. The molecule has 3 aromatic rings. The standard InChI is InChI=1S/C25H20F2N4O2/c26-25(27)13-19(14-28)31(16-25)24(33)8-7-23(32)20-9-11-30-22-6-5-17(12-21(20)22)3-4-18-2-1-10-29-15-18/h1-6,9-12,15,19H,7-8,13,16H2/b4-3+/t19-/m0/s1. The van der Waals surface area contributed by atoms with Crippen LogP contribution in [0.5, 0.6) is 0 Å². The maximum atomic E-state index is 13.6. The van der Waals surface area contributed by atoms with E-state index < -0.39 is 30.8 Å². The zero-order chi connectivity index (χ0) is 23.4. The number of Topliss-reactive ketones (excluding diaryl/α,β-unsaturated/α-hetero) is 1. The van der Waals surface area contributed by atoms with Gasteiger partial charge in [-0.3, -0.25) is 19.6 Å². The van der Waals surface area contributed by atoms with Crippen LogP contribution >= 0.6 is 0 Å². The van der Waals surface area contributed by atoms with Gasteiger partial charge in [0.25, 0.3) is 5.92 Å². The summed E-state index contributed by atoms with van der Waals surface area (Å²) in [4.78, 5) is 34.6. The molecule has 1 fully saturated rings. The second-order valence-electron chi connectivity index (χ2n) is 7.90. The van der Waals surface area contributed by atoms with E-state index in [4.69, 9.17) is 5.26 Å². The minimum absolute atomic E-state index is 0.145. The molecule has 0 radical (unpaired) electrons. The van der Waals surface area contributed by atoms with E-state index in [0.29, 0.717) is 16.5 Å². The van der Waals surface area contributed by atoms with Crippen LogP contribution in [-0.4, -0.2) is 45.1 Å². The second-order valence-corrected chi connectivity index (χ2v) is 7.90. The number of rotatable bonds is 6. The number of ketones is 1. The van der Waals surface area contributed by atoms with Crippen molar-refractivity contribution in [3.05, 3.63) is 71.7 Å². The van der Waals surface area contributed by atoms with Gasteiger partial charge in [0, 0.05) is 48.8 Å². The monoisotopic (exact) mass is 446 g/mol. The molecule has 0 spiro atoms. The normalized spacial score (nSPS) is 17.4. The number of nitriles is 1. The minimum Gasteiger partial charge on any atom is -0.320 e. The molecule has 1 amide bonds. The highest BCUT2D eigenvalue weighted by molar-refractivity contribution is 6.08. The van der Waals surface area contributed by atoms with Gasteiger partial charge in [-0.1, -0.05) is 24.3 Å². The second kappa shape index (κ2) is 9.25. The quantitative estimate of drug-likeness (QED) is 0.520. The summed E-state index contributed by atoms with van der Waals surface area (Å²) in [5, 5.41) is 9.72. The smallest absolute Gasteiger partial charge is 0.268 e. The zero-order valence-corrected chi connectivity index (χ0v) is 17.6. The summed E-state index contributed by atoms with van der Waals surface area (Å²) in [6, 6.07) is 11.5. The van der Waals surface area contributed by atoms with Crippen LogP contribution in [0.1, 0.15) is 40.7 Å². The van der Waals surface area contributed by atoms with Crippen LogP contribution in [0.2, 0.25) is 0 Å². The number of alkyl halides is 2. The molecule has 0 saturated carbocycles. The largest absolute Gasteiger partial charge is 0.320 e. The van der Waals surface area contributed by atoms with E-state index in [9.17, 15) is 18.4 Å². The van der Waals surface area contributed by atoms with Crippen molar-refractivity contribution in [1.82, 2.24) is 14.9 Å². The van der Waals surface area contributed by atoms with Gasteiger partial charge in [0.05, 0.1) is 18.1 Å². The molecule has 0 unspecified atom stereocenters. The number of benzene rings is 1. The summed E-state index contributed by atoms with van der Waals surface area (Å²) >= 11 is 0. The lowest BCUT2D eigenvalue weighted by atomic mass is 10.00. The van der Waals surface area contributed by atoms with Crippen LogP contribution in [0.25, 0.3) is 23.1 Å². The van der Waals surface area contributed by atoms with Crippen molar-refractivity contribution in [2.24, 2.45) is 0 Å². The number of fused-ring (bicyclic) bond motifs is 1. The first-order valence-electron chi connectivity index (χ1n) is 10.4. The summed E-state index contributed by atoms with van der Waals surface area (Å²) in [5.74, 6) is -3.99. The Balaban J connectivity index is 1.50. The third-order valence-corrected chi connectivity index (χ3v) is 5.52. The average molecular weight is 446 g/mol. The summed E-state index contributed by atoms with van der Waals surface area (Å²) in [7, 11) is 0. The van der Waals surface area contributed by atoms with Crippen LogP contribution in [0, 0.1) is 11.3 Å². The number of aromatic nitrogens is 2. The summed E-state index contributed by atoms with van der Waals surface area (Å²) < 4.78 is 27.2. The van der Waals surface area contributed by atoms with Crippen LogP contribution in [0.15, 0.2) is 55.0 Å². The number of pyridine rings is 2. The number of carbonyl (C=O) groups is 2. The van der Waals surface area contributed by atoms with Gasteiger partial charge in [0.2, 0.25) is 5.91 Å². The third kappa shape index (κ3) is 5.09. The van der Waals surface area contributed by atoms with Gasteiger partial charge in [-0.25, -0.2) is 8.78 Å². The van der Waals surface area contributed by atoms with Gasteiger partial charge < -0.3 is 4.90 Å². The lowest BCUT2D eigenvalue weighted by molar-refractivity contribution is -0.132. The highest BCUT2D eigenvalue weighted by Gasteiger charge is 2.47. The molecule has 1 aliphatic rings. The number of carbonyl (C=O) groups excluding carboxylic acids is 2. The van der Waals surface area contributed by atoms with Crippen molar-refractivity contribution in [3.8, 4) is 6.07 Å². The van der Waals surface area contributed by atoms with E-state index >= 15 is 0 Å². The zero-order valence-electron chi connectivity index (χ0n) is 17.6. The topological polar surface area (TPSA) is 87.0 Å². The van der Waals surface area contributed by atoms with E-state index in [0.717, 1.165) is 16.0 Å². The van der Waals surface area contributed by atoms with Gasteiger partial charge >= 0.3 is 0 Å². The molecule has 1 saturated heterocycles. The third-order valence-electron chi connectivity index (χ3n) is 5.52. The van der Waals surface area contributed by atoms with E-state index in [1.807, 2.05) is 42.5 Å². The maximum absolute atomic E-state index is 13.6. The Bertz CT molecular complexity index is 1270. The predicted molar refractivity (Wildman–Crippen MR) is 119 cm³/mol. The van der Waals surface area contributed by atoms with Crippen molar-refractivity contribution in [2.75, 3.05) is 6.54 Å². The number of likely N-dealkylation sites (tertiary alicyclic amines) is 1. The first-order chi connectivity index (χ1) is 15.9. The Labute approximate surface area is 189 Å². The number of halogens is 2. The van der Waals surface area contributed by atoms with Crippen molar-refractivity contribution in [2.45, 2.75) is 31.2 Å². The maximum Gasteiger partial charge on any atom is 0.268 e. The lowest BCUT2D eigenvalue weighted by Gasteiger charge is -2.18. The summed E-state index contributed by atoms with van der Waals surface area (Å²) in [6.07, 6.45) is 7.70. The van der Waals surface area contributed by atoms with Crippen LogP contribution in [0.4, 0.5) is 8.78 Å². The molecular formula is C25H20F2N4O2. The fourth-order valence-electron chi connectivity index (χ4n) is 3.87. The highest BCUT2D eigenvalue weighted by atomic mass is 19.3. The fraction of sp³-hybridized carbons (Fsp3) is 0.240. The van der Waals surface area contributed by atoms with Crippen LogP contribution in [0.3, 0.4) is 0 Å². The first-order valence-corrected chi connectivity index (χ1v) is 10.4. The highest BCUT2D eigenvalue weighted by Crippen LogP contribution is 2.32. The molecule has 0 bridgehead atoms. The number of hydrogen-bond acceptors (Lipinski definition) is 5. The SMILES string of the molecule is N#C[C@@H]1CC(F)(F)CN1C(=O)CCC(=O)c1ccnc2ccc(/C=C/c3cccnc3)cc12. The van der Waals surface area contributed by atoms with Crippen LogP contribution in [-0.2, 0) is 4.79 Å². The number of amides is 1. The van der Waals surface area contributed by atoms with E-state index in [1.165, 1.54) is 6.20 Å². The molecule has 166 valence electrons. The fourth-order valence-corrected chi connectivity index (χ4v) is 3.87. The van der Waals surface area contributed by atoms with Crippen molar-refractivity contribution >= 4 is 34.7 Å². The molecule has 0 aliphatic carbocycles. The lowest BCUT2D eigenvalue weighted by Crippen LogP contribution is -2.36. The minimum atomic E-state index is -3.08. The first kappa shape index (κ1) is 22.2. The van der Waals surface area contributed by atoms with E-state index in [1.54, 1.807) is 24.5 Å².